The van der Waals surface area contributed by atoms with Crippen LogP contribution in [-0.2, 0) is 0 Å². The van der Waals surface area contributed by atoms with Gasteiger partial charge < -0.3 is 11.1 Å². The van der Waals surface area contributed by atoms with Gasteiger partial charge in [0.1, 0.15) is 11.5 Å². The van der Waals surface area contributed by atoms with Crippen LogP contribution >= 0.6 is 0 Å². The molecule has 1 aromatic heterocycles. The van der Waals surface area contributed by atoms with Crippen LogP contribution in [0.15, 0.2) is 54.7 Å². The molecular weight excluding hydrogens is 269 g/mol. The minimum atomic E-state index is -0.517. The highest BCUT2D eigenvalue weighted by Gasteiger charge is 2.12. The lowest BCUT2D eigenvalue weighted by Gasteiger charge is -2.08. The molecule has 0 aliphatic rings. The maximum Gasteiger partial charge on any atom is 0.274 e. The Kier molecular flexibility index (Phi) is 3.23. The van der Waals surface area contributed by atoms with Crippen LogP contribution in [0.25, 0.3) is 10.8 Å². The SMILES string of the molecule is Nc1cc(NC(=O)c2nccc3ccccc23)ccc1F. The topological polar surface area (TPSA) is 68.0 Å². The first-order chi connectivity index (χ1) is 10.1. The van der Waals surface area contributed by atoms with Gasteiger partial charge in [-0.05, 0) is 29.7 Å². The Hall–Kier alpha value is -2.95. The van der Waals surface area contributed by atoms with Crippen molar-refractivity contribution >= 4 is 28.1 Å². The Morgan fingerprint density at radius 2 is 1.95 bits per heavy atom. The number of anilines is 2. The number of carbonyl (C=O) groups excluding carboxylic acids is 1. The molecule has 0 aliphatic carbocycles. The van der Waals surface area contributed by atoms with Crippen LogP contribution in [0.4, 0.5) is 15.8 Å². The summed E-state index contributed by atoms with van der Waals surface area (Å²) in [5, 5.41) is 4.35. The second-order valence-electron chi connectivity index (χ2n) is 4.57. The van der Waals surface area contributed by atoms with Crippen molar-refractivity contribution in [3.05, 3.63) is 66.2 Å². The van der Waals surface area contributed by atoms with Crippen LogP contribution < -0.4 is 11.1 Å². The van der Waals surface area contributed by atoms with E-state index in [2.05, 4.69) is 10.3 Å². The largest absolute Gasteiger partial charge is 0.396 e. The monoisotopic (exact) mass is 281 g/mol. The zero-order valence-corrected chi connectivity index (χ0v) is 11.0. The van der Waals surface area contributed by atoms with E-state index in [1.54, 1.807) is 6.20 Å². The highest BCUT2D eigenvalue weighted by Crippen LogP contribution is 2.20. The molecule has 3 rings (SSSR count). The molecule has 0 bridgehead atoms. The predicted molar refractivity (Wildman–Crippen MR) is 80.5 cm³/mol. The summed E-state index contributed by atoms with van der Waals surface area (Å²) < 4.78 is 13.1. The first-order valence-electron chi connectivity index (χ1n) is 6.35. The van der Waals surface area contributed by atoms with E-state index in [1.807, 2.05) is 30.3 Å². The third kappa shape index (κ3) is 2.53. The summed E-state index contributed by atoms with van der Waals surface area (Å²) in [4.78, 5) is 16.4. The molecule has 1 amide bonds. The van der Waals surface area contributed by atoms with Crippen molar-refractivity contribution in [3.8, 4) is 0 Å². The Balaban J connectivity index is 1.95. The van der Waals surface area contributed by atoms with Crippen LogP contribution in [0.1, 0.15) is 10.5 Å². The van der Waals surface area contributed by atoms with Gasteiger partial charge in [0.15, 0.2) is 0 Å². The predicted octanol–water partition coefficient (Wildman–Crippen LogP) is 3.21. The second kappa shape index (κ2) is 5.20. The molecule has 3 N–H and O–H groups in total. The van der Waals surface area contributed by atoms with Crippen molar-refractivity contribution in [2.24, 2.45) is 0 Å². The molecule has 0 radical (unpaired) electrons. The number of rotatable bonds is 2. The lowest BCUT2D eigenvalue weighted by atomic mass is 10.1. The molecule has 0 spiro atoms. The van der Waals surface area contributed by atoms with Gasteiger partial charge in [0.25, 0.3) is 5.91 Å². The van der Waals surface area contributed by atoms with Crippen LogP contribution in [0, 0.1) is 5.82 Å². The van der Waals surface area contributed by atoms with E-state index in [0.717, 1.165) is 10.8 Å². The number of amides is 1. The molecule has 3 aromatic rings. The third-order valence-corrected chi connectivity index (χ3v) is 3.14. The van der Waals surface area contributed by atoms with Gasteiger partial charge in [0.2, 0.25) is 0 Å². The van der Waals surface area contributed by atoms with Crippen molar-refractivity contribution in [2.75, 3.05) is 11.1 Å². The van der Waals surface area contributed by atoms with Crippen LogP contribution in [0.2, 0.25) is 0 Å². The zero-order valence-electron chi connectivity index (χ0n) is 11.0. The minimum Gasteiger partial charge on any atom is -0.396 e. The number of halogens is 1. The number of hydrogen-bond acceptors (Lipinski definition) is 3. The van der Waals surface area contributed by atoms with Crippen molar-refractivity contribution in [3.63, 3.8) is 0 Å². The normalized spacial score (nSPS) is 10.5. The molecule has 0 unspecified atom stereocenters. The molecule has 0 fully saturated rings. The summed E-state index contributed by atoms with van der Waals surface area (Å²) in [6.07, 6.45) is 1.58. The van der Waals surface area contributed by atoms with Gasteiger partial charge in [-0.15, -0.1) is 0 Å². The first kappa shape index (κ1) is 13.1. The van der Waals surface area contributed by atoms with Gasteiger partial charge in [0.05, 0.1) is 5.69 Å². The highest BCUT2D eigenvalue weighted by atomic mass is 19.1. The maximum absolute atomic E-state index is 13.1. The van der Waals surface area contributed by atoms with E-state index in [-0.39, 0.29) is 11.6 Å². The van der Waals surface area contributed by atoms with Gasteiger partial charge in [-0.3, -0.25) is 9.78 Å². The Morgan fingerprint density at radius 1 is 1.14 bits per heavy atom. The summed E-state index contributed by atoms with van der Waals surface area (Å²) in [5.74, 6) is -0.880. The molecule has 104 valence electrons. The number of fused-ring (bicyclic) bond motifs is 1. The number of nitrogens with one attached hydrogen (secondary N) is 1. The molecule has 5 heteroatoms. The average molecular weight is 281 g/mol. The molecule has 0 aliphatic heterocycles. The highest BCUT2D eigenvalue weighted by molar-refractivity contribution is 6.11. The van der Waals surface area contributed by atoms with Crippen LogP contribution in [-0.4, -0.2) is 10.9 Å². The molecule has 0 saturated carbocycles. The summed E-state index contributed by atoms with van der Waals surface area (Å²) in [6, 6.07) is 13.3. The van der Waals surface area contributed by atoms with E-state index in [9.17, 15) is 9.18 Å². The number of carbonyl (C=O) groups is 1. The Bertz CT molecular complexity index is 827. The summed E-state index contributed by atoms with van der Waals surface area (Å²) in [6.45, 7) is 0. The maximum atomic E-state index is 13.1. The molecule has 21 heavy (non-hydrogen) atoms. The molecular formula is C16H12FN3O. The van der Waals surface area contributed by atoms with Crippen molar-refractivity contribution in [1.82, 2.24) is 4.98 Å². The molecule has 2 aromatic carbocycles. The quantitative estimate of drug-likeness (QED) is 0.709. The second-order valence-corrected chi connectivity index (χ2v) is 4.57. The van der Waals surface area contributed by atoms with Crippen molar-refractivity contribution < 1.29 is 9.18 Å². The fraction of sp³-hybridized carbons (Fsp3) is 0. The number of aromatic nitrogens is 1. The molecule has 0 saturated heterocycles. The standard InChI is InChI=1S/C16H12FN3O/c17-13-6-5-11(9-14(13)18)20-16(21)15-12-4-2-1-3-10(12)7-8-19-15/h1-9H,18H2,(H,20,21). The van der Waals surface area contributed by atoms with E-state index >= 15 is 0 Å². The summed E-state index contributed by atoms with van der Waals surface area (Å²) in [7, 11) is 0. The van der Waals surface area contributed by atoms with E-state index in [1.165, 1.54) is 18.2 Å². The van der Waals surface area contributed by atoms with E-state index in [4.69, 9.17) is 5.73 Å². The van der Waals surface area contributed by atoms with Gasteiger partial charge in [-0.25, -0.2) is 4.39 Å². The third-order valence-electron chi connectivity index (χ3n) is 3.14. The smallest absolute Gasteiger partial charge is 0.274 e. The van der Waals surface area contributed by atoms with Crippen LogP contribution in [0.3, 0.4) is 0 Å². The van der Waals surface area contributed by atoms with Gasteiger partial charge in [-0.2, -0.15) is 0 Å². The summed E-state index contributed by atoms with van der Waals surface area (Å²) in [5.41, 5.74) is 6.21. The zero-order chi connectivity index (χ0) is 14.8. The minimum absolute atomic E-state index is 0.0151. The van der Waals surface area contributed by atoms with Gasteiger partial charge >= 0.3 is 0 Å². The number of benzene rings is 2. The van der Waals surface area contributed by atoms with E-state index in [0.29, 0.717) is 11.4 Å². The number of pyridine rings is 1. The van der Waals surface area contributed by atoms with Crippen LogP contribution in [0.5, 0.6) is 0 Å². The van der Waals surface area contributed by atoms with Gasteiger partial charge in [0, 0.05) is 17.3 Å². The van der Waals surface area contributed by atoms with E-state index < -0.39 is 5.82 Å². The first-order valence-corrected chi connectivity index (χ1v) is 6.35. The Labute approximate surface area is 120 Å². The van der Waals surface area contributed by atoms with Crippen molar-refractivity contribution in [2.45, 2.75) is 0 Å². The lowest BCUT2D eigenvalue weighted by Crippen LogP contribution is -2.14. The average Bonchev–Trinajstić information content (AvgIpc) is 2.50. The number of nitrogens with zero attached hydrogens (tertiary/aromatic N) is 1. The fourth-order valence-electron chi connectivity index (χ4n) is 2.11. The fourth-order valence-corrected chi connectivity index (χ4v) is 2.11. The Morgan fingerprint density at radius 3 is 2.76 bits per heavy atom. The number of nitrogen functional groups attached to an aromatic ring is 1. The molecule has 0 atom stereocenters. The molecule has 4 nitrogen and oxygen atoms in total. The number of hydrogen-bond donors (Lipinski definition) is 2. The van der Waals surface area contributed by atoms with Gasteiger partial charge in [-0.1, -0.05) is 24.3 Å². The summed E-state index contributed by atoms with van der Waals surface area (Å²) >= 11 is 0. The lowest BCUT2D eigenvalue weighted by molar-refractivity contribution is 0.102. The number of nitrogens with two attached hydrogens (primary N) is 1. The molecule has 1 heterocycles. The van der Waals surface area contributed by atoms with Crippen molar-refractivity contribution in [1.29, 1.82) is 0 Å².